The van der Waals surface area contributed by atoms with Crippen molar-refractivity contribution >= 4 is 63.2 Å². The molecule has 4 aromatic rings. The van der Waals surface area contributed by atoms with Gasteiger partial charge in [0.05, 0.1) is 16.1 Å². The van der Waals surface area contributed by atoms with Crippen molar-refractivity contribution in [3.05, 3.63) is 70.8 Å². The van der Waals surface area contributed by atoms with Gasteiger partial charge in [0, 0.05) is 34.7 Å². The van der Waals surface area contributed by atoms with Crippen molar-refractivity contribution in [3.8, 4) is 5.82 Å². The SMILES string of the molecule is CN(C)CCNc1ccc(-n2ccc3cc(N(CP(=O)(O)O)S(=O)(=O)c4cc(Cl)cc(Cl)c4)ccc32)nn1. The van der Waals surface area contributed by atoms with Crippen molar-refractivity contribution in [2.45, 2.75) is 4.90 Å². The van der Waals surface area contributed by atoms with Crippen molar-refractivity contribution in [1.82, 2.24) is 19.7 Å². The first kappa shape index (κ1) is 28.3. The molecule has 0 atom stereocenters. The van der Waals surface area contributed by atoms with Gasteiger partial charge < -0.3 is 20.0 Å². The first-order chi connectivity index (χ1) is 17.8. The van der Waals surface area contributed by atoms with E-state index in [1.807, 2.05) is 25.1 Å². The normalized spacial score (nSPS) is 12.3. The summed E-state index contributed by atoms with van der Waals surface area (Å²) in [5.41, 5.74) is 0.747. The molecule has 2 aromatic heterocycles. The lowest BCUT2D eigenvalue weighted by atomic mass is 10.2. The van der Waals surface area contributed by atoms with Crippen LogP contribution in [0.25, 0.3) is 16.7 Å². The van der Waals surface area contributed by atoms with Gasteiger partial charge in [0.1, 0.15) is 12.1 Å². The van der Waals surface area contributed by atoms with Gasteiger partial charge in [0.25, 0.3) is 10.0 Å². The molecule has 0 bridgehead atoms. The van der Waals surface area contributed by atoms with Crippen molar-refractivity contribution in [2.24, 2.45) is 0 Å². The van der Waals surface area contributed by atoms with Gasteiger partial charge in [-0.2, -0.15) is 0 Å². The van der Waals surface area contributed by atoms with Gasteiger partial charge in [0.2, 0.25) is 0 Å². The molecule has 38 heavy (non-hydrogen) atoms. The van der Waals surface area contributed by atoms with Gasteiger partial charge in [-0.05, 0) is 68.7 Å². The number of hydrogen-bond acceptors (Lipinski definition) is 7. The lowest BCUT2D eigenvalue weighted by Crippen LogP contribution is -2.32. The number of anilines is 2. The maximum Gasteiger partial charge on any atom is 0.345 e. The van der Waals surface area contributed by atoms with Crippen LogP contribution in [0.4, 0.5) is 11.5 Å². The van der Waals surface area contributed by atoms with Crippen LogP contribution in [0.15, 0.2) is 65.7 Å². The standard InChI is InChI=1S/C23H25Cl2N6O5PS/c1-29(2)10-8-26-22-5-6-23(28-27-22)30-9-7-16-11-19(3-4-21(16)30)31(15-37(32,33)34)38(35,36)20-13-17(24)12-18(25)14-20/h3-7,9,11-14H,8,10,15H2,1-2H3,(H,26,27)(H2,32,33,34). The average molecular weight is 599 g/mol. The number of nitrogens with zero attached hydrogens (tertiary/aromatic N) is 5. The van der Waals surface area contributed by atoms with Crippen LogP contribution in [0, 0.1) is 0 Å². The minimum atomic E-state index is -4.80. The predicted octanol–water partition coefficient (Wildman–Crippen LogP) is 4.03. The van der Waals surface area contributed by atoms with E-state index in [-0.39, 0.29) is 20.6 Å². The first-order valence-corrected chi connectivity index (χ1v) is 15.2. The fourth-order valence-corrected chi connectivity index (χ4v) is 7.12. The summed E-state index contributed by atoms with van der Waals surface area (Å²) in [6.07, 6.45) is 0.676. The second-order valence-electron chi connectivity index (χ2n) is 8.70. The Balaban J connectivity index is 1.68. The van der Waals surface area contributed by atoms with Gasteiger partial charge in [0.15, 0.2) is 5.82 Å². The summed E-state index contributed by atoms with van der Waals surface area (Å²) in [6.45, 7) is 1.55. The zero-order chi connectivity index (χ0) is 27.7. The molecule has 0 amide bonds. The lowest BCUT2D eigenvalue weighted by Gasteiger charge is -2.25. The second-order valence-corrected chi connectivity index (χ2v) is 13.0. The molecular formula is C23H25Cl2N6O5PS. The minimum absolute atomic E-state index is 0.0567. The Morgan fingerprint density at radius 1 is 1.00 bits per heavy atom. The van der Waals surface area contributed by atoms with Gasteiger partial charge in [-0.1, -0.05) is 23.2 Å². The molecule has 0 fully saturated rings. The highest BCUT2D eigenvalue weighted by Crippen LogP contribution is 2.40. The molecular weight excluding hydrogens is 574 g/mol. The van der Waals surface area contributed by atoms with E-state index in [2.05, 4.69) is 15.5 Å². The van der Waals surface area contributed by atoms with Gasteiger partial charge in [-0.3, -0.25) is 13.4 Å². The van der Waals surface area contributed by atoms with Gasteiger partial charge >= 0.3 is 7.60 Å². The summed E-state index contributed by atoms with van der Waals surface area (Å²) in [4.78, 5) is 21.1. The number of nitrogens with one attached hydrogen (secondary N) is 1. The molecule has 4 rings (SSSR count). The van der Waals surface area contributed by atoms with E-state index in [0.717, 1.165) is 6.54 Å². The number of rotatable bonds is 10. The Hall–Kier alpha value is -2.70. The minimum Gasteiger partial charge on any atom is -0.367 e. The molecule has 15 heteroatoms. The number of sulfonamides is 1. The number of hydrogen-bond donors (Lipinski definition) is 3. The van der Waals surface area contributed by atoms with Crippen molar-refractivity contribution in [3.63, 3.8) is 0 Å². The zero-order valence-corrected chi connectivity index (χ0v) is 23.6. The summed E-state index contributed by atoms with van der Waals surface area (Å²) in [7, 11) is -5.27. The third-order valence-electron chi connectivity index (χ3n) is 5.46. The van der Waals surface area contributed by atoms with Crippen LogP contribution in [0.2, 0.25) is 10.0 Å². The Bertz CT molecular complexity index is 1590. The molecule has 0 saturated heterocycles. The van der Waals surface area contributed by atoms with Crippen LogP contribution in [-0.4, -0.2) is 71.3 Å². The van der Waals surface area contributed by atoms with Crippen LogP contribution >= 0.6 is 30.8 Å². The quantitative estimate of drug-likeness (QED) is 0.231. The van der Waals surface area contributed by atoms with Crippen molar-refractivity contribution in [1.29, 1.82) is 0 Å². The molecule has 2 heterocycles. The van der Waals surface area contributed by atoms with E-state index in [9.17, 15) is 22.8 Å². The molecule has 0 aliphatic heterocycles. The van der Waals surface area contributed by atoms with Crippen molar-refractivity contribution < 1.29 is 22.8 Å². The largest absolute Gasteiger partial charge is 0.367 e. The fraction of sp³-hybridized carbons (Fsp3) is 0.217. The Morgan fingerprint density at radius 2 is 1.71 bits per heavy atom. The monoisotopic (exact) mass is 598 g/mol. The highest BCUT2D eigenvalue weighted by atomic mass is 35.5. The van der Waals surface area contributed by atoms with E-state index < -0.39 is 23.9 Å². The number of benzene rings is 2. The van der Waals surface area contributed by atoms with E-state index in [0.29, 0.717) is 33.4 Å². The van der Waals surface area contributed by atoms with Crippen molar-refractivity contribution in [2.75, 3.05) is 43.1 Å². The van der Waals surface area contributed by atoms with Gasteiger partial charge in [-0.25, -0.2) is 8.42 Å². The maximum atomic E-state index is 13.5. The molecule has 3 N–H and O–H groups in total. The summed E-state index contributed by atoms with van der Waals surface area (Å²) in [5.74, 6) is 1.17. The highest BCUT2D eigenvalue weighted by molar-refractivity contribution is 7.93. The molecule has 0 aliphatic carbocycles. The Labute approximate surface area is 229 Å². The maximum absolute atomic E-state index is 13.5. The van der Waals surface area contributed by atoms with E-state index in [1.165, 1.54) is 30.3 Å². The number of aromatic nitrogens is 3. The third-order valence-corrected chi connectivity index (χ3v) is 8.49. The highest BCUT2D eigenvalue weighted by Gasteiger charge is 2.32. The summed E-state index contributed by atoms with van der Waals surface area (Å²) < 4.78 is 41.3. The number of likely N-dealkylation sites (N-methyl/N-ethyl adjacent to an activating group) is 1. The molecule has 0 saturated carbocycles. The third kappa shape index (κ3) is 6.65. The number of fused-ring (bicyclic) bond motifs is 1. The molecule has 0 spiro atoms. The van der Waals surface area contributed by atoms with E-state index in [1.54, 1.807) is 29.0 Å². The zero-order valence-electron chi connectivity index (χ0n) is 20.4. The Kier molecular flexibility index (Phi) is 8.34. The summed E-state index contributed by atoms with van der Waals surface area (Å²) in [6, 6.07) is 13.7. The second kappa shape index (κ2) is 11.2. The topological polar surface area (TPSA) is 141 Å². The molecule has 0 aliphatic rings. The van der Waals surface area contributed by atoms with Crippen LogP contribution < -0.4 is 9.62 Å². The predicted molar refractivity (Wildman–Crippen MR) is 149 cm³/mol. The number of halogens is 2. The summed E-state index contributed by atoms with van der Waals surface area (Å²) in [5, 5.41) is 12.4. The van der Waals surface area contributed by atoms with Crippen LogP contribution in [0.1, 0.15) is 0 Å². The molecule has 202 valence electrons. The lowest BCUT2D eigenvalue weighted by molar-refractivity contribution is 0.373. The van der Waals surface area contributed by atoms with E-state index >= 15 is 0 Å². The summed E-state index contributed by atoms with van der Waals surface area (Å²) >= 11 is 12.0. The molecule has 2 aromatic carbocycles. The smallest absolute Gasteiger partial charge is 0.345 e. The van der Waals surface area contributed by atoms with Crippen LogP contribution in [0.5, 0.6) is 0 Å². The Morgan fingerprint density at radius 3 is 2.32 bits per heavy atom. The van der Waals surface area contributed by atoms with Crippen LogP contribution in [0.3, 0.4) is 0 Å². The molecule has 11 nitrogen and oxygen atoms in total. The fourth-order valence-electron chi connectivity index (χ4n) is 3.71. The van der Waals surface area contributed by atoms with Gasteiger partial charge in [-0.15, -0.1) is 10.2 Å². The molecule has 0 unspecified atom stereocenters. The molecule has 0 radical (unpaired) electrons. The average Bonchev–Trinajstić information content (AvgIpc) is 3.25. The van der Waals surface area contributed by atoms with E-state index in [4.69, 9.17) is 23.2 Å². The first-order valence-electron chi connectivity index (χ1n) is 11.2. The van der Waals surface area contributed by atoms with Crippen LogP contribution in [-0.2, 0) is 14.6 Å².